The van der Waals surface area contributed by atoms with E-state index in [1.165, 1.54) is 193 Å². The minimum absolute atomic E-state index is 0.0639. The maximum Gasteiger partial charge on any atom is 0.306 e. The highest BCUT2D eigenvalue weighted by atomic mass is 16.6. The van der Waals surface area contributed by atoms with Crippen molar-refractivity contribution < 1.29 is 28.6 Å². The summed E-state index contributed by atoms with van der Waals surface area (Å²) in [6.07, 6.45) is 49.5. The van der Waals surface area contributed by atoms with E-state index in [1.807, 2.05) is 0 Å². The summed E-state index contributed by atoms with van der Waals surface area (Å²) in [5.74, 6) is 1.65. The summed E-state index contributed by atoms with van der Waals surface area (Å²) in [5, 5.41) is 0. The van der Waals surface area contributed by atoms with E-state index >= 15 is 0 Å². The van der Waals surface area contributed by atoms with Gasteiger partial charge < -0.3 is 14.2 Å². The van der Waals surface area contributed by atoms with Crippen molar-refractivity contribution in [2.75, 3.05) is 13.2 Å². The van der Waals surface area contributed by atoms with Crippen molar-refractivity contribution >= 4 is 17.9 Å². The van der Waals surface area contributed by atoms with Gasteiger partial charge >= 0.3 is 17.9 Å². The number of carbonyl (C=O) groups is 3. The third kappa shape index (κ3) is 51.3. The molecule has 0 aromatic carbocycles. The predicted octanol–water partition coefficient (Wildman–Crippen LogP) is 18.3. The van der Waals surface area contributed by atoms with Gasteiger partial charge in [-0.3, -0.25) is 14.4 Å². The van der Waals surface area contributed by atoms with Gasteiger partial charge in [-0.05, 0) is 37.0 Å². The second-order valence-electron chi connectivity index (χ2n) is 21.0. The molecule has 0 radical (unpaired) electrons. The smallest absolute Gasteiger partial charge is 0.306 e. The van der Waals surface area contributed by atoms with E-state index in [0.29, 0.717) is 19.3 Å². The molecule has 0 heterocycles. The van der Waals surface area contributed by atoms with Crippen LogP contribution in [-0.2, 0) is 28.6 Å². The minimum atomic E-state index is -0.763. The Morgan fingerprint density at radius 2 is 0.460 bits per heavy atom. The average Bonchev–Trinajstić information content (AvgIpc) is 3.24. The van der Waals surface area contributed by atoms with Gasteiger partial charge in [-0.25, -0.2) is 0 Å². The van der Waals surface area contributed by atoms with E-state index in [4.69, 9.17) is 14.2 Å². The first-order valence-electron chi connectivity index (χ1n) is 28.1. The van der Waals surface area contributed by atoms with Crippen LogP contribution in [0.2, 0.25) is 0 Å². The third-order valence-corrected chi connectivity index (χ3v) is 12.9. The highest BCUT2D eigenvalue weighted by Gasteiger charge is 2.19. The Hall–Kier alpha value is -1.59. The van der Waals surface area contributed by atoms with Crippen molar-refractivity contribution in [2.45, 2.75) is 317 Å². The fraction of sp³-hybridized carbons (Fsp3) is 0.947. The summed E-state index contributed by atoms with van der Waals surface area (Å²) in [6.45, 7) is 13.7. The number of esters is 3. The summed E-state index contributed by atoms with van der Waals surface area (Å²) in [7, 11) is 0. The Labute approximate surface area is 393 Å². The molecule has 0 aliphatic heterocycles. The number of carbonyl (C=O) groups excluding carboxylic acids is 3. The fourth-order valence-electron chi connectivity index (χ4n) is 8.65. The molecule has 6 heteroatoms. The van der Waals surface area contributed by atoms with Gasteiger partial charge in [-0.15, -0.1) is 0 Å². The second-order valence-corrected chi connectivity index (χ2v) is 21.0. The molecule has 0 aromatic rings. The molecule has 0 unspecified atom stereocenters. The van der Waals surface area contributed by atoms with Crippen LogP contribution in [0.3, 0.4) is 0 Å². The van der Waals surface area contributed by atoms with Gasteiger partial charge in [-0.1, -0.05) is 273 Å². The highest BCUT2D eigenvalue weighted by Crippen LogP contribution is 2.18. The maximum atomic E-state index is 12.8. The lowest BCUT2D eigenvalue weighted by molar-refractivity contribution is -0.167. The molecule has 0 saturated carbocycles. The SMILES string of the molecule is CC(C)CCCCCCCCCCCCCCCCCC(=O)OC[C@@H](COC(=O)CCCCCCCCCCCCC(C)C)OC(=O)CCCCCCCCCCCCCC(C)C. The predicted molar refractivity (Wildman–Crippen MR) is 270 cm³/mol. The molecule has 0 fully saturated rings. The normalized spacial score (nSPS) is 12.1. The van der Waals surface area contributed by atoms with Crippen LogP contribution in [0, 0.1) is 17.8 Å². The zero-order chi connectivity index (χ0) is 46.3. The van der Waals surface area contributed by atoms with Crippen LogP contribution in [0.15, 0.2) is 0 Å². The Balaban J connectivity index is 4.29. The third-order valence-electron chi connectivity index (χ3n) is 12.9. The zero-order valence-electron chi connectivity index (χ0n) is 43.4. The fourth-order valence-corrected chi connectivity index (χ4v) is 8.65. The van der Waals surface area contributed by atoms with E-state index < -0.39 is 6.10 Å². The van der Waals surface area contributed by atoms with Crippen molar-refractivity contribution in [3.8, 4) is 0 Å². The van der Waals surface area contributed by atoms with E-state index in [-0.39, 0.29) is 31.1 Å². The largest absolute Gasteiger partial charge is 0.462 e. The molecule has 0 bridgehead atoms. The summed E-state index contributed by atoms with van der Waals surface area (Å²) < 4.78 is 16.9. The number of unbranched alkanes of at least 4 members (excludes halogenated alkanes) is 33. The van der Waals surface area contributed by atoms with Crippen molar-refractivity contribution in [3.05, 3.63) is 0 Å². The second kappa shape index (κ2) is 48.3. The van der Waals surface area contributed by atoms with Crippen LogP contribution in [0.1, 0.15) is 311 Å². The highest BCUT2D eigenvalue weighted by molar-refractivity contribution is 5.71. The van der Waals surface area contributed by atoms with Gasteiger partial charge in [0.2, 0.25) is 0 Å². The molecule has 0 aliphatic rings. The van der Waals surface area contributed by atoms with E-state index in [9.17, 15) is 14.4 Å². The first-order valence-corrected chi connectivity index (χ1v) is 28.1. The first-order chi connectivity index (χ1) is 30.6. The molecule has 0 saturated heterocycles. The van der Waals surface area contributed by atoms with Crippen molar-refractivity contribution in [1.29, 1.82) is 0 Å². The summed E-state index contributed by atoms with van der Waals surface area (Å²) in [4.78, 5) is 38.1. The monoisotopic (exact) mass is 891 g/mol. The van der Waals surface area contributed by atoms with Crippen LogP contribution in [0.25, 0.3) is 0 Å². The zero-order valence-corrected chi connectivity index (χ0v) is 43.4. The van der Waals surface area contributed by atoms with Gasteiger partial charge in [-0.2, -0.15) is 0 Å². The van der Waals surface area contributed by atoms with Crippen LogP contribution in [0.5, 0.6) is 0 Å². The molecule has 6 nitrogen and oxygen atoms in total. The Morgan fingerprint density at radius 3 is 0.683 bits per heavy atom. The number of hydrogen-bond donors (Lipinski definition) is 0. The lowest BCUT2D eigenvalue weighted by Crippen LogP contribution is -2.30. The van der Waals surface area contributed by atoms with Crippen LogP contribution in [0.4, 0.5) is 0 Å². The van der Waals surface area contributed by atoms with Crippen LogP contribution >= 0.6 is 0 Å². The Bertz CT molecular complexity index is 976. The molecule has 0 aliphatic carbocycles. The molecule has 1 atom stereocenters. The molecule has 0 N–H and O–H groups in total. The van der Waals surface area contributed by atoms with E-state index in [1.54, 1.807) is 0 Å². The lowest BCUT2D eigenvalue weighted by Gasteiger charge is -2.18. The van der Waals surface area contributed by atoms with Crippen LogP contribution < -0.4 is 0 Å². The molecular weight excluding hydrogens is 781 g/mol. The van der Waals surface area contributed by atoms with Gasteiger partial charge in [0.05, 0.1) is 0 Å². The molecular formula is C57H110O6. The summed E-state index contributed by atoms with van der Waals surface area (Å²) in [6, 6.07) is 0. The molecule has 0 amide bonds. The topological polar surface area (TPSA) is 78.9 Å². The molecule has 374 valence electrons. The standard InChI is InChI=1S/C57H110O6/c1-51(2)43-37-31-25-19-13-10-8-7-9-11-15-22-28-34-40-46-55(58)61-49-54(50-62-56(59)47-41-35-29-23-18-17-21-27-33-39-45-53(5)6)63-57(60)48-42-36-30-24-16-12-14-20-26-32-38-44-52(3)4/h51-54H,7-50H2,1-6H3/t54-/m0/s1. The number of ether oxygens (including phenoxy) is 3. The summed E-state index contributed by atoms with van der Waals surface area (Å²) in [5.41, 5.74) is 0. The first kappa shape index (κ1) is 61.4. The number of rotatable bonds is 50. The van der Waals surface area contributed by atoms with Crippen molar-refractivity contribution in [2.24, 2.45) is 17.8 Å². The summed E-state index contributed by atoms with van der Waals surface area (Å²) >= 11 is 0. The average molecular weight is 892 g/mol. The number of hydrogen-bond acceptors (Lipinski definition) is 6. The van der Waals surface area contributed by atoms with E-state index in [2.05, 4.69) is 41.5 Å². The van der Waals surface area contributed by atoms with Crippen molar-refractivity contribution in [3.63, 3.8) is 0 Å². The molecule has 0 spiro atoms. The van der Waals surface area contributed by atoms with Gasteiger partial charge in [0.15, 0.2) is 6.10 Å². The van der Waals surface area contributed by atoms with E-state index in [0.717, 1.165) is 75.5 Å². The van der Waals surface area contributed by atoms with Gasteiger partial charge in [0.1, 0.15) is 13.2 Å². The minimum Gasteiger partial charge on any atom is -0.462 e. The van der Waals surface area contributed by atoms with Crippen molar-refractivity contribution in [1.82, 2.24) is 0 Å². The van der Waals surface area contributed by atoms with Gasteiger partial charge in [0, 0.05) is 19.3 Å². The maximum absolute atomic E-state index is 12.8. The molecule has 63 heavy (non-hydrogen) atoms. The van der Waals surface area contributed by atoms with Crippen LogP contribution in [-0.4, -0.2) is 37.2 Å². The molecule has 0 aromatic heterocycles. The Morgan fingerprint density at radius 1 is 0.270 bits per heavy atom. The quantitative estimate of drug-likeness (QED) is 0.0344. The lowest BCUT2D eigenvalue weighted by atomic mass is 10.0. The molecule has 0 rings (SSSR count). The van der Waals surface area contributed by atoms with Gasteiger partial charge in [0.25, 0.3) is 0 Å². The Kier molecular flexibility index (Phi) is 47.1.